The second-order valence-electron chi connectivity index (χ2n) is 5.14. The van der Waals surface area contributed by atoms with Gasteiger partial charge >= 0.3 is 0 Å². The summed E-state index contributed by atoms with van der Waals surface area (Å²) < 4.78 is 26.4. The lowest BCUT2D eigenvalue weighted by Crippen LogP contribution is -2.54. The van der Waals surface area contributed by atoms with Crippen LogP contribution >= 0.6 is 12.4 Å². The maximum Gasteiger partial charge on any atom is 0.240 e. The van der Waals surface area contributed by atoms with E-state index in [4.69, 9.17) is 5.73 Å². The molecule has 0 unspecified atom stereocenters. The molecule has 6 heteroatoms. The zero-order valence-electron chi connectivity index (χ0n) is 11.1. The van der Waals surface area contributed by atoms with Crippen LogP contribution in [0.25, 0.3) is 0 Å². The van der Waals surface area contributed by atoms with Crippen molar-refractivity contribution in [1.29, 1.82) is 0 Å². The fraction of sp³-hybridized carbons (Fsp3) is 0.500. The number of amides is 1. The Morgan fingerprint density at radius 2 is 1.90 bits per heavy atom. The first-order chi connectivity index (χ1) is 9.01. The van der Waals surface area contributed by atoms with E-state index in [1.807, 2.05) is 0 Å². The minimum atomic E-state index is -0.859. The number of benzene rings is 1. The summed E-state index contributed by atoms with van der Waals surface area (Å²) in [6.45, 7) is -0.0403. The molecule has 1 saturated carbocycles. The van der Waals surface area contributed by atoms with Crippen LogP contribution in [0.15, 0.2) is 18.2 Å². The minimum absolute atomic E-state index is 0. The number of hydrogen-bond donors (Lipinski definition) is 2. The molecule has 1 fully saturated rings. The molecule has 1 amide bonds. The molecule has 0 heterocycles. The summed E-state index contributed by atoms with van der Waals surface area (Å²) in [6, 6.07) is 3.18. The Bertz CT molecular complexity index is 476. The molecular weight excluding hydrogens is 286 g/mol. The number of nitrogens with one attached hydrogen (secondary N) is 1. The van der Waals surface area contributed by atoms with Crippen molar-refractivity contribution in [1.82, 2.24) is 5.32 Å². The molecule has 1 aliphatic rings. The van der Waals surface area contributed by atoms with Gasteiger partial charge in [-0.2, -0.15) is 0 Å². The van der Waals surface area contributed by atoms with Crippen LogP contribution in [-0.4, -0.2) is 11.4 Å². The van der Waals surface area contributed by atoms with Gasteiger partial charge < -0.3 is 11.1 Å². The summed E-state index contributed by atoms with van der Waals surface area (Å²) in [7, 11) is 0. The van der Waals surface area contributed by atoms with Crippen molar-refractivity contribution in [2.24, 2.45) is 5.73 Å². The molecule has 0 saturated heterocycles. The molecule has 1 aromatic rings. The van der Waals surface area contributed by atoms with Crippen LogP contribution < -0.4 is 11.1 Å². The highest BCUT2D eigenvalue weighted by Gasteiger charge is 2.34. The zero-order chi connectivity index (χ0) is 13.9. The van der Waals surface area contributed by atoms with Gasteiger partial charge in [0.25, 0.3) is 0 Å². The van der Waals surface area contributed by atoms with Crippen molar-refractivity contribution in [2.45, 2.75) is 44.2 Å². The molecule has 0 bridgehead atoms. The van der Waals surface area contributed by atoms with Crippen LogP contribution in [0.5, 0.6) is 0 Å². The van der Waals surface area contributed by atoms with Crippen LogP contribution in [0, 0.1) is 11.6 Å². The SMILES string of the molecule is Cl.NC1(C(=O)NCc2cc(F)ccc2F)CCCCC1. The summed E-state index contributed by atoms with van der Waals surface area (Å²) >= 11 is 0. The quantitative estimate of drug-likeness (QED) is 0.902. The topological polar surface area (TPSA) is 55.1 Å². The molecular formula is C14H19ClF2N2O. The lowest BCUT2D eigenvalue weighted by molar-refractivity contribution is -0.127. The Balaban J connectivity index is 0.00000200. The van der Waals surface area contributed by atoms with E-state index in [1.165, 1.54) is 0 Å². The van der Waals surface area contributed by atoms with Gasteiger partial charge in [-0.15, -0.1) is 12.4 Å². The lowest BCUT2D eigenvalue weighted by atomic mass is 9.82. The molecule has 1 aromatic carbocycles. The Morgan fingerprint density at radius 3 is 2.55 bits per heavy atom. The monoisotopic (exact) mass is 304 g/mol. The summed E-state index contributed by atoms with van der Waals surface area (Å²) in [6.07, 6.45) is 4.23. The van der Waals surface area contributed by atoms with E-state index in [-0.39, 0.29) is 30.4 Å². The predicted molar refractivity (Wildman–Crippen MR) is 75.5 cm³/mol. The molecule has 0 spiro atoms. The number of nitrogens with two attached hydrogens (primary N) is 1. The molecule has 3 nitrogen and oxygen atoms in total. The van der Waals surface area contributed by atoms with E-state index in [2.05, 4.69) is 5.32 Å². The Labute approximate surface area is 123 Å². The van der Waals surface area contributed by atoms with Gasteiger partial charge in [0.05, 0.1) is 5.54 Å². The lowest BCUT2D eigenvalue weighted by Gasteiger charge is -2.31. The van der Waals surface area contributed by atoms with Gasteiger partial charge in [0.1, 0.15) is 11.6 Å². The zero-order valence-corrected chi connectivity index (χ0v) is 11.9. The molecule has 0 atom stereocenters. The Morgan fingerprint density at radius 1 is 1.25 bits per heavy atom. The van der Waals surface area contributed by atoms with Gasteiger partial charge in [0.2, 0.25) is 5.91 Å². The van der Waals surface area contributed by atoms with Crippen molar-refractivity contribution in [3.63, 3.8) is 0 Å². The highest BCUT2D eigenvalue weighted by atomic mass is 35.5. The summed E-state index contributed by atoms with van der Waals surface area (Å²) in [5.74, 6) is -1.34. The van der Waals surface area contributed by atoms with Crippen LogP contribution in [0.2, 0.25) is 0 Å². The second kappa shape index (κ2) is 6.99. The number of carbonyl (C=O) groups excluding carboxylic acids is 1. The fourth-order valence-electron chi connectivity index (χ4n) is 2.44. The van der Waals surface area contributed by atoms with Gasteiger partial charge in [-0.05, 0) is 31.0 Å². The second-order valence-corrected chi connectivity index (χ2v) is 5.14. The van der Waals surface area contributed by atoms with Crippen molar-refractivity contribution in [2.75, 3.05) is 0 Å². The molecule has 20 heavy (non-hydrogen) atoms. The van der Waals surface area contributed by atoms with Crippen molar-refractivity contribution >= 4 is 18.3 Å². The smallest absolute Gasteiger partial charge is 0.240 e. The van der Waals surface area contributed by atoms with Crippen LogP contribution in [-0.2, 0) is 11.3 Å². The Hall–Kier alpha value is -1.20. The average molecular weight is 305 g/mol. The highest BCUT2D eigenvalue weighted by molar-refractivity contribution is 5.86. The molecule has 2 rings (SSSR count). The summed E-state index contributed by atoms with van der Waals surface area (Å²) in [5.41, 5.74) is 5.33. The molecule has 1 aliphatic carbocycles. The van der Waals surface area contributed by atoms with E-state index >= 15 is 0 Å². The molecule has 0 aliphatic heterocycles. The van der Waals surface area contributed by atoms with E-state index in [0.29, 0.717) is 12.8 Å². The normalized spacial score (nSPS) is 17.1. The fourth-order valence-corrected chi connectivity index (χ4v) is 2.44. The molecule has 112 valence electrons. The average Bonchev–Trinajstić information content (AvgIpc) is 2.40. The van der Waals surface area contributed by atoms with Crippen LogP contribution in [0.1, 0.15) is 37.7 Å². The van der Waals surface area contributed by atoms with Crippen molar-refractivity contribution in [3.05, 3.63) is 35.4 Å². The predicted octanol–water partition coefficient (Wildman–Crippen LogP) is 2.66. The summed E-state index contributed by atoms with van der Waals surface area (Å²) in [4.78, 5) is 12.0. The van der Waals surface area contributed by atoms with Crippen molar-refractivity contribution in [3.8, 4) is 0 Å². The minimum Gasteiger partial charge on any atom is -0.350 e. The number of hydrogen-bond acceptors (Lipinski definition) is 2. The van der Waals surface area contributed by atoms with Gasteiger partial charge in [0, 0.05) is 12.1 Å². The highest BCUT2D eigenvalue weighted by Crippen LogP contribution is 2.26. The third-order valence-corrected chi connectivity index (χ3v) is 3.65. The Kier molecular flexibility index (Phi) is 5.89. The van der Waals surface area contributed by atoms with Gasteiger partial charge in [-0.25, -0.2) is 8.78 Å². The van der Waals surface area contributed by atoms with Crippen LogP contribution in [0.3, 0.4) is 0 Å². The summed E-state index contributed by atoms with van der Waals surface area (Å²) in [5, 5.41) is 2.61. The van der Waals surface area contributed by atoms with E-state index in [9.17, 15) is 13.6 Å². The van der Waals surface area contributed by atoms with Gasteiger partial charge in [0.15, 0.2) is 0 Å². The molecule has 0 radical (unpaired) electrons. The third-order valence-electron chi connectivity index (χ3n) is 3.65. The number of halogens is 3. The standard InChI is InChI=1S/C14H18F2N2O.ClH/c15-11-4-5-12(16)10(8-11)9-18-13(19)14(17)6-2-1-3-7-14;/h4-5,8H,1-3,6-7,9,17H2,(H,18,19);1H. The number of rotatable bonds is 3. The van der Waals surface area contributed by atoms with Crippen LogP contribution in [0.4, 0.5) is 8.78 Å². The number of carbonyl (C=O) groups is 1. The van der Waals surface area contributed by atoms with Gasteiger partial charge in [-0.1, -0.05) is 19.3 Å². The van der Waals surface area contributed by atoms with E-state index in [1.54, 1.807) is 0 Å². The maximum atomic E-state index is 13.4. The van der Waals surface area contributed by atoms with Gasteiger partial charge in [-0.3, -0.25) is 4.79 Å². The third kappa shape index (κ3) is 3.90. The molecule has 3 N–H and O–H groups in total. The maximum absolute atomic E-state index is 13.4. The largest absolute Gasteiger partial charge is 0.350 e. The van der Waals surface area contributed by atoms with E-state index in [0.717, 1.165) is 37.5 Å². The first-order valence-electron chi connectivity index (χ1n) is 6.52. The first kappa shape index (κ1) is 16.9. The van der Waals surface area contributed by atoms with E-state index < -0.39 is 17.2 Å². The first-order valence-corrected chi connectivity index (χ1v) is 6.52. The molecule has 0 aromatic heterocycles. The van der Waals surface area contributed by atoms with Crippen molar-refractivity contribution < 1.29 is 13.6 Å².